The van der Waals surface area contributed by atoms with Gasteiger partial charge in [0.15, 0.2) is 5.95 Å². The Hall–Kier alpha value is -3.07. The first-order chi connectivity index (χ1) is 12.6. The van der Waals surface area contributed by atoms with Gasteiger partial charge in [0, 0.05) is 12.1 Å². The van der Waals surface area contributed by atoms with Crippen LogP contribution < -0.4 is 19.8 Å². The van der Waals surface area contributed by atoms with Crippen molar-refractivity contribution in [2.75, 3.05) is 18.2 Å². The van der Waals surface area contributed by atoms with E-state index in [1.807, 2.05) is 0 Å². The SMILES string of the molecule is COc1ccc(-[n+]2noc([O-])c2SCC(=O)Nc2ccccc2F)cc1. The van der Waals surface area contributed by atoms with Crippen molar-refractivity contribution in [2.24, 2.45) is 0 Å². The summed E-state index contributed by atoms with van der Waals surface area (Å²) < 4.78 is 24.6. The summed E-state index contributed by atoms with van der Waals surface area (Å²) >= 11 is 0.947. The van der Waals surface area contributed by atoms with Crippen LogP contribution in [-0.2, 0) is 4.79 Å². The van der Waals surface area contributed by atoms with Gasteiger partial charge in [0.2, 0.25) is 11.6 Å². The molecule has 7 nitrogen and oxygen atoms in total. The molecule has 0 radical (unpaired) electrons. The first-order valence-corrected chi connectivity index (χ1v) is 8.47. The highest BCUT2D eigenvalue weighted by Gasteiger charge is 2.22. The third kappa shape index (κ3) is 3.94. The Morgan fingerprint density at radius 2 is 2.04 bits per heavy atom. The second-order valence-electron chi connectivity index (χ2n) is 5.09. The summed E-state index contributed by atoms with van der Waals surface area (Å²) in [6.07, 6.45) is 0. The molecule has 3 rings (SSSR count). The molecule has 0 unspecified atom stereocenters. The van der Waals surface area contributed by atoms with Crippen LogP contribution in [0.25, 0.3) is 5.69 Å². The average Bonchev–Trinajstić information content (AvgIpc) is 3.02. The van der Waals surface area contributed by atoms with Gasteiger partial charge in [-0.15, -0.1) is 0 Å². The number of hydrogen-bond acceptors (Lipinski definition) is 6. The number of amides is 1. The number of para-hydroxylation sites is 1. The minimum absolute atomic E-state index is 0.0776. The predicted octanol–water partition coefficient (Wildman–Crippen LogP) is 1.90. The fraction of sp³-hybridized carbons (Fsp3) is 0.118. The maximum absolute atomic E-state index is 13.6. The molecular weight excluding hydrogens is 361 g/mol. The second kappa shape index (κ2) is 7.87. The van der Waals surface area contributed by atoms with Gasteiger partial charge in [-0.3, -0.25) is 4.79 Å². The van der Waals surface area contributed by atoms with Crippen LogP contribution in [0.4, 0.5) is 10.1 Å². The molecule has 0 aliphatic heterocycles. The van der Waals surface area contributed by atoms with E-state index < -0.39 is 17.7 Å². The van der Waals surface area contributed by atoms with E-state index in [2.05, 4.69) is 15.1 Å². The summed E-state index contributed by atoms with van der Waals surface area (Å²) in [5.41, 5.74) is 0.655. The maximum Gasteiger partial charge on any atom is 0.298 e. The molecule has 1 aromatic heterocycles. The fourth-order valence-electron chi connectivity index (χ4n) is 2.13. The smallest absolute Gasteiger partial charge is 0.298 e. The monoisotopic (exact) mass is 375 g/mol. The molecule has 0 saturated heterocycles. The van der Waals surface area contributed by atoms with E-state index in [1.165, 1.54) is 22.9 Å². The van der Waals surface area contributed by atoms with Crippen molar-refractivity contribution < 1.29 is 28.2 Å². The van der Waals surface area contributed by atoms with E-state index in [0.717, 1.165) is 11.8 Å². The largest absolute Gasteiger partial charge is 0.538 e. The third-order valence-electron chi connectivity index (χ3n) is 3.38. The molecule has 0 spiro atoms. The number of methoxy groups -OCH3 is 1. The van der Waals surface area contributed by atoms with E-state index in [-0.39, 0.29) is 16.5 Å². The van der Waals surface area contributed by atoms with Crippen molar-refractivity contribution >= 4 is 23.4 Å². The summed E-state index contributed by atoms with van der Waals surface area (Å²) in [6, 6.07) is 12.7. The van der Waals surface area contributed by atoms with Crippen LogP contribution in [0.5, 0.6) is 11.7 Å². The number of halogens is 1. The van der Waals surface area contributed by atoms with E-state index >= 15 is 0 Å². The minimum atomic E-state index is -0.662. The second-order valence-corrected chi connectivity index (χ2v) is 6.06. The van der Waals surface area contributed by atoms with E-state index in [0.29, 0.717) is 11.4 Å². The van der Waals surface area contributed by atoms with Crippen LogP contribution in [0.15, 0.2) is 58.1 Å². The molecule has 1 heterocycles. The quantitative estimate of drug-likeness (QED) is 0.523. The average molecular weight is 375 g/mol. The number of hydrogen-bond donors (Lipinski definition) is 1. The van der Waals surface area contributed by atoms with Gasteiger partial charge < -0.3 is 19.7 Å². The summed E-state index contributed by atoms with van der Waals surface area (Å²) in [5.74, 6) is -1.11. The van der Waals surface area contributed by atoms with Crippen LogP contribution in [0.3, 0.4) is 0 Å². The van der Waals surface area contributed by atoms with Gasteiger partial charge in [-0.1, -0.05) is 12.1 Å². The standard InChI is InChI=1S/C17H14FN3O4S/c1-24-12-8-6-11(7-9-12)21-16(17(23)25-20-21)26-10-15(22)19-14-5-3-2-4-13(14)18/h2-9H,10H2,1H3,(H-,19,20,22,23). The van der Waals surface area contributed by atoms with Crippen molar-refractivity contribution in [1.29, 1.82) is 0 Å². The number of rotatable bonds is 6. The summed E-state index contributed by atoms with van der Waals surface area (Å²) in [7, 11) is 1.55. The number of thioether (sulfide) groups is 1. The number of carbonyl (C=O) groups is 1. The molecule has 1 N–H and O–H groups in total. The lowest BCUT2D eigenvalue weighted by Crippen LogP contribution is -2.35. The van der Waals surface area contributed by atoms with Crippen LogP contribution in [-0.4, -0.2) is 24.0 Å². The highest BCUT2D eigenvalue weighted by molar-refractivity contribution is 7.99. The predicted molar refractivity (Wildman–Crippen MR) is 89.8 cm³/mol. The van der Waals surface area contributed by atoms with Crippen LogP contribution >= 0.6 is 11.8 Å². The molecule has 26 heavy (non-hydrogen) atoms. The molecule has 134 valence electrons. The molecule has 0 saturated carbocycles. The minimum Gasteiger partial charge on any atom is -0.538 e. The molecule has 0 aliphatic carbocycles. The molecule has 1 amide bonds. The Kier molecular flexibility index (Phi) is 5.37. The van der Waals surface area contributed by atoms with Gasteiger partial charge in [0.25, 0.3) is 5.03 Å². The van der Waals surface area contributed by atoms with E-state index in [4.69, 9.17) is 4.74 Å². The van der Waals surface area contributed by atoms with E-state index in [1.54, 1.807) is 37.4 Å². The van der Waals surface area contributed by atoms with Gasteiger partial charge in [0.1, 0.15) is 11.6 Å². The fourth-order valence-corrected chi connectivity index (χ4v) is 2.89. The molecule has 0 fully saturated rings. The van der Waals surface area contributed by atoms with Crippen molar-refractivity contribution in [3.63, 3.8) is 0 Å². The van der Waals surface area contributed by atoms with Crippen LogP contribution in [0, 0.1) is 5.82 Å². The number of benzene rings is 2. The maximum atomic E-state index is 13.6. The van der Waals surface area contributed by atoms with Gasteiger partial charge in [-0.05, 0) is 40.7 Å². The first-order valence-electron chi connectivity index (χ1n) is 7.49. The van der Waals surface area contributed by atoms with E-state index in [9.17, 15) is 14.3 Å². The number of anilines is 1. The summed E-state index contributed by atoms with van der Waals surface area (Å²) in [6.45, 7) is 0. The Morgan fingerprint density at radius 3 is 2.73 bits per heavy atom. The normalized spacial score (nSPS) is 10.5. The zero-order valence-electron chi connectivity index (χ0n) is 13.6. The third-order valence-corrected chi connectivity index (χ3v) is 4.40. The summed E-state index contributed by atoms with van der Waals surface area (Å²) in [4.78, 5) is 12.0. The molecule has 0 bridgehead atoms. The number of nitrogens with zero attached hydrogens (tertiary/aromatic N) is 2. The zero-order chi connectivity index (χ0) is 18.5. The van der Waals surface area contributed by atoms with Crippen LogP contribution in [0.1, 0.15) is 0 Å². The van der Waals surface area contributed by atoms with Crippen molar-refractivity contribution in [3.05, 3.63) is 54.3 Å². The Labute approximate surface area is 152 Å². The number of carbonyl (C=O) groups excluding carboxylic acids is 1. The Bertz CT molecular complexity index is 915. The number of aromatic nitrogens is 2. The molecule has 9 heteroatoms. The Balaban J connectivity index is 1.71. The number of nitrogens with one attached hydrogen (secondary N) is 1. The van der Waals surface area contributed by atoms with Gasteiger partial charge >= 0.3 is 0 Å². The molecular formula is C17H14FN3O4S. The van der Waals surface area contributed by atoms with Gasteiger partial charge in [-0.25, -0.2) is 4.39 Å². The number of ether oxygens (including phenoxy) is 1. The molecule has 0 atom stereocenters. The van der Waals surface area contributed by atoms with Gasteiger partial charge in [0.05, 0.1) is 23.8 Å². The lowest BCUT2D eigenvalue weighted by molar-refractivity contribution is -0.705. The van der Waals surface area contributed by atoms with Gasteiger partial charge in [-0.2, -0.15) is 0 Å². The molecule has 0 aliphatic rings. The van der Waals surface area contributed by atoms with Crippen molar-refractivity contribution in [1.82, 2.24) is 5.27 Å². The topological polar surface area (TPSA) is 91.3 Å². The molecule has 2 aromatic carbocycles. The van der Waals surface area contributed by atoms with Crippen LogP contribution in [0.2, 0.25) is 0 Å². The first kappa shape index (κ1) is 17.7. The molecule has 3 aromatic rings. The zero-order valence-corrected chi connectivity index (χ0v) is 14.5. The lowest BCUT2D eigenvalue weighted by atomic mass is 10.3. The summed E-state index contributed by atoms with van der Waals surface area (Å²) in [5, 5.41) is 18.2. The van der Waals surface area contributed by atoms with Crippen molar-refractivity contribution in [2.45, 2.75) is 5.03 Å². The highest BCUT2D eigenvalue weighted by atomic mass is 32.2. The highest BCUT2D eigenvalue weighted by Crippen LogP contribution is 2.24. The van der Waals surface area contributed by atoms with Crippen molar-refractivity contribution in [3.8, 4) is 17.4 Å². The Morgan fingerprint density at radius 1 is 1.31 bits per heavy atom. The lowest BCUT2D eigenvalue weighted by Gasteiger charge is -2.05.